The van der Waals surface area contributed by atoms with Gasteiger partial charge in [0.05, 0.1) is 13.0 Å². The van der Waals surface area contributed by atoms with Gasteiger partial charge in [-0.05, 0) is 59.0 Å². The summed E-state index contributed by atoms with van der Waals surface area (Å²) >= 11 is 1.60. The third-order valence-corrected chi connectivity index (χ3v) is 6.17. The molecule has 0 saturated heterocycles. The summed E-state index contributed by atoms with van der Waals surface area (Å²) in [6.45, 7) is 13.2. The third kappa shape index (κ3) is 10.4. The van der Waals surface area contributed by atoms with Crippen LogP contribution in [0.3, 0.4) is 0 Å². The van der Waals surface area contributed by atoms with Gasteiger partial charge in [0, 0.05) is 12.2 Å². The second-order valence-corrected chi connectivity index (χ2v) is 11.3. The Balaban J connectivity index is 2.46. The van der Waals surface area contributed by atoms with Gasteiger partial charge in [-0.15, -0.1) is 0 Å². The number of unbranched alkanes of at least 4 members (excludes halogenated alkanes) is 1. The second kappa shape index (κ2) is 12.4. The van der Waals surface area contributed by atoms with Gasteiger partial charge in [0.2, 0.25) is 0 Å². The number of carboxylic acids is 1. The number of aromatic hydroxyl groups is 1. The van der Waals surface area contributed by atoms with E-state index in [-0.39, 0.29) is 23.2 Å². The lowest BCUT2D eigenvalue weighted by Gasteiger charge is -2.27. The highest BCUT2D eigenvalue weighted by atomic mass is 32.2. The first-order chi connectivity index (χ1) is 14.3. The van der Waals surface area contributed by atoms with Crippen LogP contribution in [-0.2, 0) is 31.6 Å². The zero-order valence-corrected chi connectivity index (χ0v) is 20.9. The first-order valence-electron chi connectivity index (χ1n) is 11.1. The van der Waals surface area contributed by atoms with E-state index in [0.717, 1.165) is 29.7 Å². The van der Waals surface area contributed by atoms with Crippen molar-refractivity contribution in [2.24, 2.45) is 0 Å². The molecule has 5 nitrogen and oxygen atoms in total. The van der Waals surface area contributed by atoms with Crippen LogP contribution in [0.15, 0.2) is 12.1 Å². The van der Waals surface area contributed by atoms with Crippen molar-refractivity contribution in [3.05, 3.63) is 28.8 Å². The predicted octanol–water partition coefficient (Wildman–Crippen LogP) is 5.84. The number of aliphatic carboxylic acids is 1. The van der Waals surface area contributed by atoms with Gasteiger partial charge in [0.1, 0.15) is 5.75 Å². The van der Waals surface area contributed by atoms with Crippen LogP contribution in [0.5, 0.6) is 5.75 Å². The van der Waals surface area contributed by atoms with Crippen molar-refractivity contribution in [3.63, 3.8) is 0 Å². The smallest absolute Gasteiger partial charge is 0.305 e. The van der Waals surface area contributed by atoms with Crippen LogP contribution in [0.4, 0.5) is 0 Å². The van der Waals surface area contributed by atoms with Crippen molar-refractivity contribution in [2.45, 2.75) is 90.9 Å². The minimum Gasteiger partial charge on any atom is -0.507 e. The number of carbonyl (C=O) groups excluding carboxylic acids is 1. The molecule has 0 unspecified atom stereocenters. The Labute approximate surface area is 192 Å². The zero-order chi connectivity index (χ0) is 23.7. The van der Waals surface area contributed by atoms with Crippen molar-refractivity contribution in [1.29, 1.82) is 0 Å². The maximum Gasteiger partial charge on any atom is 0.305 e. The van der Waals surface area contributed by atoms with Crippen LogP contribution in [0.1, 0.15) is 90.3 Å². The first-order valence-corrected chi connectivity index (χ1v) is 12.3. The Bertz CT molecular complexity index is 729. The number of rotatable bonds is 12. The molecule has 0 aliphatic heterocycles. The van der Waals surface area contributed by atoms with Crippen molar-refractivity contribution in [1.82, 2.24) is 0 Å². The Morgan fingerprint density at radius 3 is 2.19 bits per heavy atom. The summed E-state index contributed by atoms with van der Waals surface area (Å²) in [5.74, 6) is 0.856. The minimum atomic E-state index is -0.774. The lowest BCUT2D eigenvalue weighted by Crippen LogP contribution is -2.17. The molecule has 2 N–H and O–H groups in total. The van der Waals surface area contributed by atoms with Crippen molar-refractivity contribution in [2.75, 3.05) is 18.1 Å². The Kier molecular flexibility index (Phi) is 10.9. The van der Waals surface area contributed by atoms with E-state index in [1.807, 2.05) is 0 Å². The monoisotopic (exact) mass is 452 g/mol. The number of benzene rings is 1. The van der Waals surface area contributed by atoms with Crippen LogP contribution in [0.2, 0.25) is 0 Å². The number of aryl methyl sites for hydroxylation is 1. The summed E-state index contributed by atoms with van der Waals surface area (Å²) in [5.41, 5.74) is 2.89. The maximum atomic E-state index is 11.9. The van der Waals surface area contributed by atoms with E-state index in [1.54, 1.807) is 11.8 Å². The fourth-order valence-electron chi connectivity index (χ4n) is 3.15. The Morgan fingerprint density at radius 2 is 1.61 bits per heavy atom. The number of hydrogen-bond donors (Lipinski definition) is 2. The van der Waals surface area contributed by atoms with Crippen LogP contribution in [0, 0.1) is 0 Å². The van der Waals surface area contributed by atoms with Crippen molar-refractivity contribution >= 4 is 23.7 Å². The molecule has 0 aliphatic carbocycles. The van der Waals surface area contributed by atoms with Gasteiger partial charge in [0.15, 0.2) is 0 Å². The SMILES string of the molecule is CC(C)(C)c1cc(CCCOC(=O)CCCCSCCC(=O)O)c(O)c(C(C)(C)C)c1. The third-order valence-electron chi connectivity index (χ3n) is 5.10. The van der Waals surface area contributed by atoms with E-state index in [9.17, 15) is 14.7 Å². The number of thioether (sulfide) groups is 1. The van der Waals surface area contributed by atoms with Gasteiger partial charge in [-0.2, -0.15) is 11.8 Å². The molecular weight excluding hydrogens is 412 g/mol. The second-order valence-electron chi connectivity index (χ2n) is 10.1. The molecule has 0 radical (unpaired) electrons. The Morgan fingerprint density at radius 1 is 0.935 bits per heavy atom. The molecule has 0 bridgehead atoms. The summed E-state index contributed by atoms with van der Waals surface area (Å²) < 4.78 is 5.35. The number of carboxylic acid groups (broad SMARTS) is 1. The highest BCUT2D eigenvalue weighted by molar-refractivity contribution is 7.99. The number of ether oxygens (including phenoxy) is 1. The molecule has 0 spiro atoms. The van der Waals surface area contributed by atoms with E-state index >= 15 is 0 Å². The van der Waals surface area contributed by atoms with Gasteiger partial charge < -0.3 is 14.9 Å². The lowest BCUT2D eigenvalue weighted by atomic mass is 9.78. The minimum absolute atomic E-state index is 0.0131. The van der Waals surface area contributed by atoms with Gasteiger partial charge in [-0.3, -0.25) is 9.59 Å². The van der Waals surface area contributed by atoms with Gasteiger partial charge in [-0.25, -0.2) is 0 Å². The quantitative estimate of drug-likeness (QED) is 0.306. The molecule has 0 heterocycles. The molecule has 31 heavy (non-hydrogen) atoms. The molecule has 1 aromatic rings. The fraction of sp³-hybridized carbons (Fsp3) is 0.680. The normalized spacial score (nSPS) is 12.1. The van der Waals surface area contributed by atoms with Gasteiger partial charge in [-0.1, -0.05) is 53.7 Å². The standard InChI is InChI=1S/C25H40O5S/c1-24(2,3)19-16-18(23(29)20(17-19)25(4,5)6)10-9-13-30-22(28)11-7-8-14-31-15-12-21(26)27/h16-17,29H,7-15H2,1-6H3,(H,26,27). The molecule has 0 aliphatic rings. The summed E-state index contributed by atoms with van der Waals surface area (Å²) in [5, 5.41) is 19.4. The van der Waals surface area contributed by atoms with E-state index in [0.29, 0.717) is 37.4 Å². The van der Waals surface area contributed by atoms with E-state index < -0.39 is 5.97 Å². The van der Waals surface area contributed by atoms with Gasteiger partial charge >= 0.3 is 11.9 Å². The van der Waals surface area contributed by atoms with Crippen LogP contribution >= 0.6 is 11.8 Å². The average Bonchev–Trinajstić information content (AvgIpc) is 2.63. The Hall–Kier alpha value is -1.69. The van der Waals surface area contributed by atoms with Crippen LogP contribution < -0.4 is 0 Å². The molecule has 176 valence electrons. The van der Waals surface area contributed by atoms with E-state index in [4.69, 9.17) is 9.84 Å². The molecule has 0 amide bonds. The topological polar surface area (TPSA) is 83.8 Å². The van der Waals surface area contributed by atoms with Crippen LogP contribution in [-0.4, -0.2) is 40.3 Å². The molecule has 6 heteroatoms. The molecule has 1 rings (SSSR count). The molecular formula is C25H40O5S. The number of phenolic OH excluding ortho intramolecular Hbond substituents is 1. The molecule has 1 aromatic carbocycles. The number of hydrogen-bond acceptors (Lipinski definition) is 5. The summed E-state index contributed by atoms with van der Waals surface area (Å²) in [7, 11) is 0. The largest absolute Gasteiger partial charge is 0.507 e. The average molecular weight is 453 g/mol. The van der Waals surface area contributed by atoms with Gasteiger partial charge in [0.25, 0.3) is 0 Å². The lowest BCUT2D eigenvalue weighted by molar-refractivity contribution is -0.143. The predicted molar refractivity (Wildman–Crippen MR) is 128 cm³/mol. The highest BCUT2D eigenvalue weighted by Gasteiger charge is 2.24. The van der Waals surface area contributed by atoms with E-state index in [1.165, 1.54) is 5.56 Å². The maximum absolute atomic E-state index is 11.9. The summed E-state index contributed by atoms with van der Waals surface area (Å²) in [6.07, 6.45) is 3.52. The number of esters is 1. The zero-order valence-electron chi connectivity index (χ0n) is 20.0. The summed E-state index contributed by atoms with van der Waals surface area (Å²) in [6, 6.07) is 4.19. The van der Waals surface area contributed by atoms with Crippen molar-refractivity contribution < 1.29 is 24.5 Å². The number of carbonyl (C=O) groups is 2. The molecule has 0 aromatic heterocycles. The fourth-order valence-corrected chi connectivity index (χ4v) is 4.08. The van der Waals surface area contributed by atoms with Crippen LogP contribution in [0.25, 0.3) is 0 Å². The number of phenols is 1. The summed E-state index contributed by atoms with van der Waals surface area (Å²) in [4.78, 5) is 22.4. The highest BCUT2D eigenvalue weighted by Crippen LogP contribution is 2.38. The molecule has 0 atom stereocenters. The molecule has 0 fully saturated rings. The first kappa shape index (κ1) is 27.3. The van der Waals surface area contributed by atoms with E-state index in [2.05, 4.69) is 53.7 Å². The van der Waals surface area contributed by atoms with Crippen molar-refractivity contribution in [3.8, 4) is 5.75 Å². The molecule has 0 saturated carbocycles.